The first-order valence-electron chi connectivity index (χ1n) is 7.83. The van der Waals surface area contributed by atoms with Gasteiger partial charge in [0.1, 0.15) is 0 Å². The van der Waals surface area contributed by atoms with Gasteiger partial charge in [0.25, 0.3) is 0 Å². The summed E-state index contributed by atoms with van der Waals surface area (Å²) in [5, 5.41) is 13.0. The van der Waals surface area contributed by atoms with E-state index in [0.717, 1.165) is 58.5 Å². The zero-order valence-corrected chi connectivity index (χ0v) is 13.0. The van der Waals surface area contributed by atoms with Gasteiger partial charge in [-0.05, 0) is 45.7 Å². The molecule has 1 aliphatic rings. The molecule has 4 heteroatoms. The zero-order valence-electron chi connectivity index (χ0n) is 13.0. The summed E-state index contributed by atoms with van der Waals surface area (Å²) in [5.74, 6) is 0. The summed E-state index contributed by atoms with van der Waals surface area (Å²) < 4.78 is 5.53. The van der Waals surface area contributed by atoms with Crippen molar-refractivity contribution >= 4 is 0 Å². The van der Waals surface area contributed by atoms with Crippen LogP contribution in [0.15, 0.2) is 0 Å². The summed E-state index contributed by atoms with van der Waals surface area (Å²) in [7, 11) is 0. The monoisotopic (exact) mass is 272 g/mol. The highest BCUT2D eigenvalue weighted by atomic mass is 16.5. The smallest absolute Gasteiger partial charge is 0.0622 e. The highest BCUT2D eigenvalue weighted by Gasteiger charge is 2.24. The summed E-state index contributed by atoms with van der Waals surface area (Å²) in [6.45, 7) is 11.6. The van der Waals surface area contributed by atoms with Crippen LogP contribution in [-0.4, -0.2) is 61.0 Å². The fourth-order valence-corrected chi connectivity index (χ4v) is 2.68. The van der Waals surface area contributed by atoms with Crippen molar-refractivity contribution in [2.24, 2.45) is 0 Å². The number of nitrogens with one attached hydrogen (secondary N) is 1. The minimum Gasteiger partial charge on any atom is -0.394 e. The van der Waals surface area contributed by atoms with Crippen LogP contribution in [0.5, 0.6) is 0 Å². The normalized spacial score (nSPS) is 24.3. The quantitative estimate of drug-likeness (QED) is 0.669. The topological polar surface area (TPSA) is 44.7 Å². The highest BCUT2D eigenvalue weighted by Crippen LogP contribution is 2.15. The molecule has 1 aliphatic heterocycles. The third-order valence-corrected chi connectivity index (χ3v) is 4.15. The average molecular weight is 272 g/mol. The van der Waals surface area contributed by atoms with Crippen molar-refractivity contribution in [2.45, 2.75) is 58.0 Å². The van der Waals surface area contributed by atoms with Gasteiger partial charge in [0.15, 0.2) is 0 Å². The lowest BCUT2D eigenvalue weighted by Gasteiger charge is -2.36. The average Bonchev–Trinajstić information content (AvgIpc) is 2.45. The number of nitrogens with zero attached hydrogens (tertiary/aromatic N) is 1. The predicted molar refractivity (Wildman–Crippen MR) is 79.5 cm³/mol. The van der Waals surface area contributed by atoms with Crippen LogP contribution in [0.2, 0.25) is 0 Å². The van der Waals surface area contributed by atoms with Crippen LogP contribution in [0.3, 0.4) is 0 Å². The molecule has 114 valence electrons. The molecule has 0 aromatic heterocycles. The molecule has 1 rings (SSSR count). The fourth-order valence-electron chi connectivity index (χ4n) is 2.68. The van der Waals surface area contributed by atoms with E-state index in [-0.39, 0.29) is 12.1 Å². The Balaban J connectivity index is 2.30. The second kappa shape index (κ2) is 8.90. The molecule has 0 radical (unpaired) electrons. The molecule has 0 spiro atoms. The molecule has 0 aromatic rings. The van der Waals surface area contributed by atoms with Crippen LogP contribution in [-0.2, 0) is 4.74 Å². The van der Waals surface area contributed by atoms with E-state index in [4.69, 9.17) is 4.74 Å². The Kier molecular flexibility index (Phi) is 7.91. The van der Waals surface area contributed by atoms with E-state index >= 15 is 0 Å². The number of hydrogen-bond donors (Lipinski definition) is 2. The van der Waals surface area contributed by atoms with Gasteiger partial charge in [-0.25, -0.2) is 0 Å². The highest BCUT2D eigenvalue weighted by molar-refractivity contribution is 4.83. The second-order valence-corrected chi connectivity index (χ2v) is 5.92. The Hall–Kier alpha value is -0.160. The van der Waals surface area contributed by atoms with Gasteiger partial charge >= 0.3 is 0 Å². The molecule has 4 nitrogen and oxygen atoms in total. The standard InChI is InChI=1S/C15H32N2O2/c1-4-8-16-15(3,13-18)7-6-9-17-10-11-19-12-14(17)5-2/h14,16,18H,4-13H2,1-3H3. The van der Waals surface area contributed by atoms with Gasteiger partial charge in [0.2, 0.25) is 0 Å². The van der Waals surface area contributed by atoms with Gasteiger partial charge in [-0.3, -0.25) is 4.90 Å². The van der Waals surface area contributed by atoms with Gasteiger partial charge in [-0.15, -0.1) is 0 Å². The number of aliphatic hydroxyl groups is 1. The third kappa shape index (κ3) is 5.78. The van der Waals surface area contributed by atoms with Crippen LogP contribution >= 0.6 is 0 Å². The van der Waals surface area contributed by atoms with E-state index < -0.39 is 0 Å². The molecule has 1 fully saturated rings. The van der Waals surface area contributed by atoms with Crippen LogP contribution in [0.25, 0.3) is 0 Å². The molecule has 1 saturated heterocycles. The minimum absolute atomic E-state index is 0.121. The largest absolute Gasteiger partial charge is 0.394 e. The minimum atomic E-state index is -0.121. The van der Waals surface area contributed by atoms with Gasteiger partial charge in [-0.1, -0.05) is 13.8 Å². The van der Waals surface area contributed by atoms with Crippen LogP contribution < -0.4 is 5.32 Å². The molecular weight excluding hydrogens is 240 g/mol. The maximum atomic E-state index is 9.55. The maximum absolute atomic E-state index is 9.55. The SMILES string of the molecule is CCCNC(C)(CO)CCCN1CCOCC1CC. The number of hydrogen-bond acceptors (Lipinski definition) is 4. The van der Waals surface area contributed by atoms with Gasteiger partial charge < -0.3 is 15.2 Å². The Labute approximate surface area is 118 Å². The van der Waals surface area contributed by atoms with Crippen molar-refractivity contribution in [3.8, 4) is 0 Å². The molecule has 2 atom stereocenters. The predicted octanol–water partition coefficient (Wildman–Crippen LogP) is 1.63. The van der Waals surface area contributed by atoms with Crippen molar-refractivity contribution in [1.82, 2.24) is 10.2 Å². The fraction of sp³-hybridized carbons (Fsp3) is 1.00. The third-order valence-electron chi connectivity index (χ3n) is 4.15. The summed E-state index contributed by atoms with van der Waals surface area (Å²) in [6, 6.07) is 0.581. The van der Waals surface area contributed by atoms with Crippen LogP contribution in [0.1, 0.15) is 46.5 Å². The molecule has 2 N–H and O–H groups in total. The number of rotatable bonds is 9. The summed E-state index contributed by atoms with van der Waals surface area (Å²) in [4.78, 5) is 2.54. The number of aliphatic hydroxyl groups excluding tert-OH is 1. The number of ether oxygens (including phenoxy) is 1. The van der Waals surface area contributed by atoms with E-state index in [2.05, 4.69) is 31.0 Å². The molecular formula is C15H32N2O2. The summed E-state index contributed by atoms with van der Waals surface area (Å²) >= 11 is 0. The van der Waals surface area contributed by atoms with Crippen molar-refractivity contribution in [1.29, 1.82) is 0 Å². The second-order valence-electron chi connectivity index (χ2n) is 5.92. The first-order chi connectivity index (χ1) is 9.15. The number of morpholine rings is 1. The van der Waals surface area contributed by atoms with Gasteiger partial charge in [0, 0.05) is 18.1 Å². The first kappa shape index (κ1) is 16.9. The lowest BCUT2D eigenvalue weighted by Crippen LogP contribution is -2.48. The zero-order chi connectivity index (χ0) is 14.1. The van der Waals surface area contributed by atoms with E-state index in [1.807, 2.05) is 0 Å². The van der Waals surface area contributed by atoms with Crippen LogP contribution in [0, 0.1) is 0 Å². The van der Waals surface area contributed by atoms with Crippen molar-refractivity contribution < 1.29 is 9.84 Å². The molecule has 2 unspecified atom stereocenters. The van der Waals surface area contributed by atoms with E-state index in [1.54, 1.807) is 0 Å². The van der Waals surface area contributed by atoms with Crippen LogP contribution in [0.4, 0.5) is 0 Å². The summed E-state index contributed by atoms with van der Waals surface area (Å²) in [5.41, 5.74) is -0.121. The lowest BCUT2D eigenvalue weighted by atomic mass is 9.96. The van der Waals surface area contributed by atoms with Crippen molar-refractivity contribution in [3.05, 3.63) is 0 Å². The maximum Gasteiger partial charge on any atom is 0.0622 e. The molecule has 0 bridgehead atoms. The van der Waals surface area contributed by atoms with Gasteiger partial charge in [0.05, 0.1) is 19.8 Å². The van der Waals surface area contributed by atoms with Crippen molar-refractivity contribution in [2.75, 3.05) is 39.5 Å². The molecule has 0 amide bonds. The van der Waals surface area contributed by atoms with E-state index in [1.165, 1.54) is 0 Å². The first-order valence-corrected chi connectivity index (χ1v) is 7.83. The molecule has 0 saturated carbocycles. The Morgan fingerprint density at radius 1 is 1.42 bits per heavy atom. The summed E-state index contributed by atoms with van der Waals surface area (Å²) in [6.07, 6.45) is 4.42. The Morgan fingerprint density at radius 3 is 2.84 bits per heavy atom. The van der Waals surface area contributed by atoms with E-state index in [9.17, 15) is 5.11 Å². The molecule has 19 heavy (non-hydrogen) atoms. The molecule has 1 heterocycles. The molecule has 0 aliphatic carbocycles. The Morgan fingerprint density at radius 2 is 2.21 bits per heavy atom. The van der Waals surface area contributed by atoms with Crippen molar-refractivity contribution in [3.63, 3.8) is 0 Å². The lowest BCUT2D eigenvalue weighted by molar-refractivity contribution is -0.0103. The van der Waals surface area contributed by atoms with E-state index in [0.29, 0.717) is 6.04 Å². The van der Waals surface area contributed by atoms with Gasteiger partial charge in [-0.2, -0.15) is 0 Å². The molecule has 0 aromatic carbocycles. The Bertz CT molecular complexity index is 238.